The van der Waals surface area contributed by atoms with Gasteiger partial charge in [-0.2, -0.15) is 0 Å². The van der Waals surface area contributed by atoms with Gasteiger partial charge in [0.05, 0.1) is 25.3 Å². The average molecular weight is 490 g/mol. The van der Waals surface area contributed by atoms with Gasteiger partial charge in [0.15, 0.2) is 5.78 Å². The topological polar surface area (TPSA) is 55.8 Å². The first kappa shape index (κ1) is 22.9. The summed E-state index contributed by atoms with van der Waals surface area (Å²) >= 11 is 0. The Hall–Kier alpha value is -3.58. The zero-order chi connectivity index (χ0) is 24.8. The van der Waals surface area contributed by atoms with Gasteiger partial charge in [0.2, 0.25) is 0 Å². The molecule has 3 aliphatic rings. The number of halogens is 2. The Morgan fingerprint density at radius 1 is 0.861 bits per heavy atom. The molecule has 2 fully saturated rings. The average Bonchev–Trinajstić information content (AvgIpc) is 3.19. The zero-order valence-electron chi connectivity index (χ0n) is 19.5. The molecule has 2 heterocycles. The third-order valence-electron chi connectivity index (χ3n) is 7.59. The normalized spacial score (nSPS) is 22.6. The Balaban J connectivity index is 1.17. The molecule has 0 radical (unpaired) electrons. The van der Waals surface area contributed by atoms with E-state index in [0.29, 0.717) is 26.1 Å². The third-order valence-corrected chi connectivity index (χ3v) is 7.59. The largest absolute Gasteiger partial charge is 0.448 e. The van der Waals surface area contributed by atoms with E-state index in [-0.39, 0.29) is 36.0 Å². The lowest BCUT2D eigenvalue weighted by molar-refractivity contribution is -0.0747. The molecule has 5 nitrogen and oxygen atoms in total. The van der Waals surface area contributed by atoms with Gasteiger partial charge in [0, 0.05) is 23.5 Å². The van der Waals surface area contributed by atoms with Crippen LogP contribution in [0.5, 0.6) is 0 Å². The van der Waals surface area contributed by atoms with E-state index in [9.17, 15) is 18.4 Å². The lowest BCUT2D eigenvalue weighted by Crippen LogP contribution is -2.60. The van der Waals surface area contributed by atoms with Crippen molar-refractivity contribution in [1.29, 1.82) is 0 Å². The van der Waals surface area contributed by atoms with E-state index < -0.39 is 23.6 Å². The highest BCUT2D eigenvalue weighted by molar-refractivity contribution is 5.98. The first-order valence-corrected chi connectivity index (χ1v) is 12.2. The zero-order valence-corrected chi connectivity index (χ0v) is 19.5. The maximum atomic E-state index is 13.7. The minimum Gasteiger partial charge on any atom is -0.448 e. The van der Waals surface area contributed by atoms with Crippen LogP contribution in [0.3, 0.4) is 0 Å². The molecule has 1 aliphatic carbocycles. The van der Waals surface area contributed by atoms with Gasteiger partial charge in [-0.05, 0) is 47.2 Å². The molecule has 3 aromatic rings. The molecule has 0 spiro atoms. The second kappa shape index (κ2) is 9.13. The summed E-state index contributed by atoms with van der Waals surface area (Å²) in [7, 11) is 0. The van der Waals surface area contributed by atoms with Crippen LogP contribution in [-0.2, 0) is 9.47 Å². The molecule has 1 amide bonds. The van der Waals surface area contributed by atoms with Crippen molar-refractivity contribution >= 4 is 11.9 Å². The summed E-state index contributed by atoms with van der Waals surface area (Å²) in [6.45, 7) is 0.804. The summed E-state index contributed by atoms with van der Waals surface area (Å²) in [5.41, 5.74) is 4.62. The van der Waals surface area contributed by atoms with E-state index in [1.165, 1.54) is 0 Å². The number of ether oxygens (including phenoxy) is 2. The number of piperidine rings is 1. The number of hydrogen-bond acceptors (Lipinski definition) is 4. The van der Waals surface area contributed by atoms with Crippen molar-refractivity contribution in [2.45, 2.75) is 30.8 Å². The van der Waals surface area contributed by atoms with Crippen LogP contribution in [0.4, 0.5) is 13.6 Å². The van der Waals surface area contributed by atoms with E-state index in [2.05, 4.69) is 24.3 Å². The predicted molar refractivity (Wildman–Crippen MR) is 129 cm³/mol. The molecule has 7 heteroatoms. The molecular weight excluding hydrogens is 464 g/mol. The Labute approximate surface area is 207 Å². The van der Waals surface area contributed by atoms with Crippen LogP contribution >= 0.6 is 0 Å². The van der Waals surface area contributed by atoms with E-state index in [1.807, 2.05) is 24.3 Å². The smallest absolute Gasteiger partial charge is 0.410 e. The maximum Gasteiger partial charge on any atom is 0.410 e. The van der Waals surface area contributed by atoms with Gasteiger partial charge in [0.1, 0.15) is 18.2 Å². The van der Waals surface area contributed by atoms with E-state index >= 15 is 0 Å². The molecule has 6 rings (SSSR count). The highest BCUT2D eigenvalue weighted by Crippen LogP contribution is 2.44. The molecule has 36 heavy (non-hydrogen) atoms. The van der Waals surface area contributed by atoms with Gasteiger partial charge >= 0.3 is 6.09 Å². The van der Waals surface area contributed by atoms with Crippen LogP contribution in [-0.4, -0.2) is 48.7 Å². The summed E-state index contributed by atoms with van der Waals surface area (Å²) in [6, 6.07) is 18.5. The number of amides is 1. The lowest BCUT2D eigenvalue weighted by Gasteiger charge is -2.47. The van der Waals surface area contributed by atoms with Crippen LogP contribution in [0.2, 0.25) is 0 Å². The number of benzene rings is 3. The quantitative estimate of drug-likeness (QED) is 0.450. The monoisotopic (exact) mass is 489 g/mol. The third kappa shape index (κ3) is 3.97. The molecule has 2 unspecified atom stereocenters. The Bertz CT molecular complexity index is 1260. The number of carbonyl (C=O) groups excluding carboxylic acids is 2. The van der Waals surface area contributed by atoms with Crippen molar-refractivity contribution in [1.82, 2.24) is 4.90 Å². The van der Waals surface area contributed by atoms with Crippen molar-refractivity contribution in [2.75, 3.05) is 19.8 Å². The summed E-state index contributed by atoms with van der Waals surface area (Å²) < 4.78 is 38.9. The molecule has 2 aliphatic heterocycles. The van der Waals surface area contributed by atoms with Crippen LogP contribution in [0.25, 0.3) is 11.1 Å². The van der Waals surface area contributed by atoms with Crippen molar-refractivity contribution < 1.29 is 27.8 Å². The highest BCUT2D eigenvalue weighted by Gasteiger charge is 2.45. The molecule has 184 valence electrons. The molecule has 2 saturated heterocycles. The van der Waals surface area contributed by atoms with Crippen LogP contribution in [0.1, 0.15) is 40.2 Å². The van der Waals surface area contributed by atoms with Gasteiger partial charge < -0.3 is 9.47 Å². The molecule has 0 saturated carbocycles. The molecule has 2 bridgehead atoms. The first-order chi connectivity index (χ1) is 17.5. The fourth-order valence-electron chi connectivity index (χ4n) is 6.03. The highest BCUT2D eigenvalue weighted by atomic mass is 19.1. The summed E-state index contributed by atoms with van der Waals surface area (Å²) in [5.74, 6) is -2.35. The number of hydrogen-bond donors (Lipinski definition) is 0. The molecule has 2 atom stereocenters. The first-order valence-electron chi connectivity index (χ1n) is 12.2. The number of fused-ring (bicyclic) bond motifs is 5. The number of Topliss-reactive ketones (excluding diaryl/α,β-unsaturated/α-hetero) is 1. The van der Waals surface area contributed by atoms with E-state index in [0.717, 1.165) is 40.5 Å². The van der Waals surface area contributed by atoms with E-state index in [4.69, 9.17) is 9.47 Å². The van der Waals surface area contributed by atoms with Gasteiger partial charge in [0.25, 0.3) is 0 Å². The van der Waals surface area contributed by atoms with Gasteiger partial charge in [-0.25, -0.2) is 13.6 Å². The van der Waals surface area contributed by atoms with Crippen molar-refractivity contribution in [3.63, 3.8) is 0 Å². The molecule has 0 aromatic heterocycles. The van der Waals surface area contributed by atoms with Gasteiger partial charge in [-0.3, -0.25) is 9.69 Å². The summed E-state index contributed by atoms with van der Waals surface area (Å²) in [5, 5.41) is 0. The van der Waals surface area contributed by atoms with Crippen LogP contribution in [0.15, 0.2) is 66.7 Å². The van der Waals surface area contributed by atoms with Crippen molar-refractivity contribution in [2.24, 2.45) is 5.92 Å². The Morgan fingerprint density at radius 3 is 2.00 bits per heavy atom. The standard InChI is InChI=1S/C29H25F2NO4/c30-19-9-17(10-20(31)13-19)28(33)18-11-21-14-35-15-22(12-18)32(21)29(34)36-16-27-25-7-3-1-5-23(25)24-6-2-4-8-26(24)27/h1-10,13,18,21-22,27H,11-12,14-16H2. The van der Waals surface area contributed by atoms with Crippen LogP contribution < -0.4 is 0 Å². The number of morpholine rings is 1. The van der Waals surface area contributed by atoms with Gasteiger partial charge in [-0.1, -0.05) is 48.5 Å². The maximum absolute atomic E-state index is 13.7. The Morgan fingerprint density at radius 2 is 1.42 bits per heavy atom. The molecule has 0 N–H and O–H groups in total. The molecule has 3 aromatic carbocycles. The predicted octanol–water partition coefficient (Wildman–Crippen LogP) is 5.58. The SMILES string of the molecule is O=C(c1cc(F)cc(F)c1)C1CC2COCC(C1)N2C(=O)OCC1c2ccccc2-c2ccccc21. The molecular formula is C29H25F2NO4. The van der Waals surface area contributed by atoms with Crippen molar-refractivity contribution in [3.05, 3.63) is 95.1 Å². The van der Waals surface area contributed by atoms with E-state index in [1.54, 1.807) is 4.90 Å². The van der Waals surface area contributed by atoms with Crippen molar-refractivity contribution in [3.8, 4) is 11.1 Å². The summed E-state index contributed by atoms with van der Waals surface area (Å²) in [6.07, 6.45) is 0.299. The number of nitrogens with zero attached hydrogens (tertiary/aromatic N) is 1. The number of ketones is 1. The number of rotatable bonds is 4. The second-order valence-electron chi connectivity index (χ2n) is 9.75. The minimum atomic E-state index is -0.780. The lowest BCUT2D eigenvalue weighted by atomic mass is 9.81. The number of carbonyl (C=O) groups is 2. The summed E-state index contributed by atoms with van der Waals surface area (Å²) in [4.78, 5) is 28.0. The van der Waals surface area contributed by atoms with Crippen LogP contribution in [0, 0.1) is 17.6 Å². The van der Waals surface area contributed by atoms with Gasteiger partial charge in [-0.15, -0.1) is 0 Å². The Kier molecular flexibility index (Phi) is 5.80. The minimum absolute atomic E-state index is 0.0195. The second-order valence-corrected chi connectivity index (χ2v) is 9.75. The fraction of sp³-hybridized carbons (Fsp3) is 0.310. The fourth-order valence-corrected chi connectivity index (χ4v) is 6.03.